The highest BCUT2D eigenvalue weighted by Crippen LogP contribution is 2.12. The highest BCUT2D eigenvalue weighted by atomic mass is 16.7. The van der Waals surface area contributed by atoms with Crippen molar-refractivity contribution >= 4 is 0 Å². The summed E-state index contributed by atoms with van der Waals surface area (Å²) in [5, 5.41) is 0. The third kappa shape index (κ3) is 2.25. The fourth-order valence-electron chi connectivity index (χ4n) is 0.638. The first-order chi connectivity index (χ1) is 4.56. The standard InChI is InChI=1S/C7H17NO2/c1-6-10-7(2,9-5)8(3)4/h6H2,1-5H3. The van der Waals surface area contributed by atoms with Crippen LogP contribution in [-0.4, -0.2) is 38.6 Å². The predicted octanol–water partition coefficient (Wildman–Crippen LogP) is 0.905. The fraction of sp³-hybridized carbons (Fsp3) is 1.00. The quantitative estimate of drug-likeness (QED) is 0.551. The van der Waals surface area contributed by atoms with E-state index in [1.165, 1.54) is 0 Å². The lowest BCUT2D eigenvalue weighted by atomic mass is 10.5. The van der Waals surface area contributed by atoms with Crippen LogP contribution >= 0.6 is 0 Å². The lowest BCUT2D eigenvalue weighted by Gasteiger charge is -2.33. The van der Waals surface area contributed by atoms with Crippen molar-refractivity contribution in [1.29, 1.82) is 0 Å². The Morgan fingerprint density at radius 3 is 2.00 bits per heavy atom. The molecule has 0 aromatic carbocycles. The fourth-order valence-corrected chi connectivity index (χ4v) is 0.638. The molecule has 0 aliphatic carbocycles. The van der Waals surface area contributed by atoms with Crippen molar-refractivity contribution in [3.63, 3.8) is 0 Å². The van der Waals surface area contributed by atoms with Gasteiger partial charge < -0.3 is 9.47 Å². The summed E-state index contributed by atoms with van der Waals surface area (Å²) in [6.45, 7) is 4.49. The minimum absolute atomic E-state index is 0.575. The van der Waals surface area contributed by atoms with Crippen molar-refractivity contribution in [3.05, 3.63) is 0 Å². The van der Waals surface area contributed by atoms with Gasteiger partial charge in [0.25, 0.3) is 0 Å². The predicted molar refractivity (Wildman–Crippen MR) is 40.7 cm³/mol. The number of rotatable bonds is 4. The Balaban J connectivity index is 3.94. The number of hydrogen-bond acceptors (Lipinski definition) is 3. The van der Waals surface area contributed by atoms with Gasteiger partial charge in [-0.2, -0.15) is 0 Å². The van der Waals surface area contributed by atoms with Gasteiger partial charge in [-0.1, -0.05) is 0 Å². The molecule has 0 rings (SSSR count). The molecule has 0 bridgehead atoms. The molecule has 1 unspecified atom stereocenters. The molecule has 3 nitrogen and oxygen atoms in total. The molecule has 62 valence electrons. The van der Waals surface area contributed by atoms with Crippen LogP contribution in [0, 0.1) is 0 Å². The van der Waals surface area contributed by atoms with E-state index in [1.54, 1.807) is 7.11 Å². The van der Waals surface area contributed by atoms with Gasteiger partial charge >= 0.3 is 0 Å². The van der Waals surface area contributed by atoms with E-state index in [4.69, 9.17) is 9.47 Å². The van der Waals surface area contributed by atoms with Gasteiger partial charge in [0.05, 0.1) is 0 Å². The van der Waals surface area contributed by atoms with Crippen LogP contribution < -0.4 is 0 Å². The molecule has 0 N–H and O–H groups in total. The second kappa shape index (κ2) is 3.91. The maximum Gasteiger partial charge on any atom is 0.226 e. The largest absolute Gasteiger partial charge is 0.341 e. The molecule has 0 heterocycles. The highest BCUT2D eigenvalue weighted by Gasteiger charge is 2.25. The van der Waals surface area contributed by atoms with E-state index in [0.717, 1.165) is 0 Å². The summed E-state index contributed by atoms with van der Waals surface area (Å²) >= 11 is 0. The lowest BCUT2D eigenvalue weighted by Crippen LogP contribution is -2.45. The zero-order valence-corrected chi connectivity index (χ0v) is 7.47. The molecule has 0 aromatic heterocycles. The van der Waals surface area contributed by atoms with E-state index >= 15 is 0 Å². The topological polar surface area (TPSA) is 21.7 Å². The minimum atomic E-state index is -0.575. The summed E-state index contributed by atoms with van der Waals surface area (Å²) in [4.78, 5) is 1.89. The Labute approximate surface area is 62.9 Å². The molecular weight excluding hydrogens is 130 g/mol. The molecule has 10 heavy (non-hydrogen) atoms. The van der Waals surface area contributed by atoms with Gasteiger partial charge in [-0.05, 0) is 21.0 Å². The first-order valence-electron chi connectivity index (χ1n) is 3.43. The van der Waals surface area contributed by atoms with E-state index in [-0.39, 0.29) is 0 Å². The van der Waals surface area contributed by atoms with Gasteiger partial charge in [0, 0.05) is 20.6 Å². The van der Waals surface area contributed by atoms with Crippen LogP contribution in [0.4, 0.5) is 0 Å². The summed E-state index contributed by atoms with van der Waals surface area (Å²) in [7, 11) is 5.47. The summed E-state index contributed by atoms with van der Waals surface area (Å²) in [6.07, 6.45) is 0. The number of hydrogen-bond donors (Lipinski definition) is 0. The van der Waals surface area contributed by atoms with Crippen LogP contribution in [0.25, 0.3) is 0 Å². The average molecular weight is 147 g/mol. The molecule has 0 aromatic rings. The highest BCUT2D eigenvalue weighted by molar-refractivity contribution is 4.56. The van der Waals surface area contributed by atoms with Gasteiger partial charge in [-0.25, -0.2) is 0 Å². The third-order valence-corrected chi connectivity index (χ3v) is 1.60. The van der Waals surface area contributed by atoms with Crippen LogP contribution in [0.1, 0.15) is 13.8 Å². The molecule has 0 aliphatic heterocycles. The lowest BCUT2D eigenvalue weighted by molar-refractivity contribution is -0.281. The van der Waals surface area contributed by atoms with E-state index in [2.05, 4.69) is 0 Å². The molecule has 0 radical (unpaired) electrons. The van der Waals surface area contributed by atoms with Crippen molar-refractivity contribution in [2.24, 2.45) is 0 Å². The Hall–Kier alpha value is -0.120. The number of nitrogens with zero attached hydrogens (tertiary/aromatic N) is 1. The van der Waals surface area contributed by atoms with E-state index in [0.29, 0.717) is 6.61 Å². The van der Waals surface area contributed by atoms with Crippen LogP contribution in [0.15, 0.2) is 0 Å². The number of ether oxygens (including phenoxy) is 2. The van der Waals surface area contributed by atoms with Crippen molar-refractivity contribution in [2.75, 3.05) is 27.8 Å². The maximum absolute atomic E-state index is 5.34. The van der Waals surface area contributed by atoms with Gasteiger partial charge in [0.15, 0.2) is 0 Å². The van der Waals surface area contributed by atoms with Gasteiger partial charge in [0.1, 0.15) is 0 Å². The van der Waals surface area contributed by atoms with Crippen LogP contribution in [0.5, 0.6) is 0 Å². The van der Waals surface area contributed by atoms with Crippen LogP contribution in [-0.2, 0) is 9.47 Å². The Kier molecular flexibility index (Phi) is 3.86. The molecular formula is C7H17NO2. The number of methoxy groups -OCH3 is 1. The van der Waals surface area contributed by atoms with E-state index in [1.807, 2.05) is 32.8 Å². The molecule has 1 atom stereocenters. The molecule has 3 heteroatoms. The van der Waals surface area contributed by atoms with Gasteiger partial charge in [0.2, 0.25) is 5.91 Å². The first kappa shape index (κ1) is 9.88. The molecule has 0 saturated heterocycles. The molecule has 0 spiro atoms. The van der Waals surface area contributed by atoms with Gasteiger partial charge in [-0.3, -0.25) is 4.90 Å². The normalized spacial score (nSPS) is 17.4. The smallest absolute Gasteiger partial charge is 0.226 e. The van der Waals surface area contributed by atoms with Crippen molar-refractivity contribution < 1.29 is 9.47 Å². The van der Waals surface area contributed by atoms with Crippen LogP contribution in [0.2, 0.25) is 0 Å². The molecule has 0 saturated carbocycles. The zero-order chi connectivity index (χ0) is 8.20. The monoisotopic (exact) mass is 147 g/mol. The van der Waals surface area contributed by atoms with E-state index < -0.39 is 5.91 Å². The summed E-state index contributed by atoms with van der Waals surface area (Å²) in [6, 6.07) is 0. The second-order valence-corrected chi connectivity index (χ2v) is 2.43. The Bertz CT molecular complexity index is 95.6. The second-order valence-electron chi connectivity index (χ2n) is 2.43. The molecule has 0 amide bonds. The maximum atomic E-state index is 5.34. The average Bonchev–Trinajstić information content (AvgIpc) is 1.88. The van der Waals surface area contributed by atoms with Crippen LogP contribution in [0.3, 0.4) is 0 Å². The van der Waals surface area contributed by atoms with Gasteiger partial charge in [-0.15, -0.1) is 0 Å². The van der Waals surface area contributed by atoms with Crippen molar-refractivity contribution in [1.82, 2.24) is 4.90 Å². The van der Waals surface area contributed by atoms with Crippen molar-refractivity contribution in [3.8, 4) is 0 Å². The summed E-state index contributed by atoms with van der Waals surface area (Å²) < 4.78 is 10.5. The molecule has 0 fully saturated rings. The summed E-state index contributed by atoms with van der Waals surface area (Å²) in [5.41, 5.74) is 0. The third-order valence-electron chi connectivity index (χ3n) is 1.60. The van der Waals surface area contributed by atoms with E-state index in [9.17, 15) is 0 Å². The van der Waals surface area contributed by atoms with Crippen molar-refractivity contribution in [2.45, 2.75) is 19.8 Å². The molecule has 0 aliphatic rings. The Morgan fingerprint density at radius 1 is 1.40 bits per heavy atom. The first-order valence-corrected chi connectivity index (χ1v) is 3.43. The summed E-state index contributed by atoms with van der Waals surface area (Å²) in [5.74, 6) is -0.575. The Morgan fingerprint density at radius 2 is 1.90 bits per heavy atom. The zero-order valence-electron chi connectivity index (χ0n) is 7.47. The minimum Gasteiger partial charge on any atom is -0.341 e. The SMILES string of the molecule is CCOC(C)(OC)N(C)C.